The highest BCUT2D eigenvalue weighted by molar-refractivity contribution is 6.02. The van der Waals surface area contributed by atoms with Crippen LogP contribution in [0, 0.1) is 11.6 Å². The molecule has 6 nitrogen and oxygen atoms in total. The van der Waals surface area contributed by atoms with Gasteiger partial charge in [-0.1, -0.05) is 37.3 Å². The van der Waals surface area contributed by atoms with E-state index >= 15 is 0 Å². The molecule has 0 amide bonds. The van der Waals surface area contributed by atoms with E-state index in [1.807, 2.05) is 43.5 Å². The molecule has 0 spiro atoms. The van der Waals surface area contributed by atoms with Crippen LogP contribution in [0.2, 0.25) is 0 Å². The first-order valence-electron chi connectivity index (χ1n) is 13.1. The number of pyridine rings is 2. The molecule has 0 fully saturated rings. The molecule has 0 aliphatic heterocycles. The smallest absolute Gasteiger partial charge is 0.261 e. The quantitative estimate of drug-likeness (QED) is 0.205. The number of carbonyl (C=O) groups is 2. The Morgan fingerprint density at radius 1 is 0.925 bits per heavy atom. The lowest BCUT2D eigenvalue weighted by atomic mass is 9.98. The number of halogens is 2. The van der Waals surface area contributed by atoms with Gasteiger partial charge in [-0.25, -0.2) is 13.8 Å². The first-order chi connectivity index (χ1) is 19.3. The van der Waals surface area contributed by atoms with E-state index in [9.17, 15) is 23.2 Å². The van der Waals surface area contributed by atoms with Crippen LogP contribution in [-0.4, -0.2) is 26.1 Å². The molecule has 0 bridgehead atoms. The molecule has 0 atom stereocenters. The maximum absolute atomic E-state index is 13.6. The van der Waals surface area contributed by atoms with E-state index in [2.05, 4.69) is 9.97 Å². The number of aromatic amines is 1. The Bertz CT molecular complexity index is 1790. The SMILES string of the molecule is CCCC(=O)c1cnc2[nH]cc(-c3cccc(CCC(=O)c4cccn(Cc5ccc(F)c(F)c5)c4=O)c3)c2c1. The third-order valence-electron chi connectivity index (χ3n) is 6.87. The maximum atomic E-state index is 13.6. The first kappa shape index (κ1) is 26.9. The first-order valence-corrected chi connectivity index (χ1v) is 13.1. The second-order valence-electron chi connectivity index (χ2n) is 9.72. The zero-order valence-electron chi connectivity index (χ0n) is 21.9. The van der Waals surface area contributed by atoms with Gasteiger partial charge >= 0.3 is 0 Å². The van der Waals surface area contributed by atoms with Gasteiger partial charge in [0.05, 0.1) is 12.1 Å². The fraction of sp³-hybridized carbons (Fsp3) is 0.188. The van der Waals surface area contributed by atoms with Gasteiger partial charge in [-0.05, 0) is 59.9 Å². The van der Waals surface area contributed by atoms with Gasteiger partial charge in [-0.2, -0.15) is 0 Å². The number of benzene rings is 2. The van der Waals surface area contributed by atoms with E-state index in [1.165, 1.54) is 22.9 Å². The zero-order chi connectivity index (χ0) is 28.2. The van der Waals surface area contributed by atoms with Crippen molar-refractivity contribution < 1.29 is 18.4 Å². The molecule has 0 saturated heterocycles. The summed E-state index contributed by atoms with van der Waals surface area (Å²) in [6, 6.07) is 16.2. The van der Waals surface area contributed by atoms with E-state index in [0.29, 0.717) is 29.6 Å². The molecule has 0 radical (unpaired) electrons. The number of ketones is 2. The molecule has 0 aliphatic carbocycles. The Morgan fingerprint density at radius 2 is 1.77 bits per heavy atom. The van der Waals surface area contributed by atoms with Crippen LogP contribution in [0.1, 0.15) is 58.0 Å². The number of Topliss-reactive ketones (excluding diaryl/α,β-unsaturated/α-hetero) is 2. The molecular weight excluding hydrogens is 512 g/mol. The number of aromatic nitrogens is 3. The van der Waals surface area contributed by atoms with Gasteiger partial charge in [0, 0.05) is 47.9 Å². The molecule has 1 N–H and O–H groups in total. The van der Waals surface area contributed by atoms with Crippen LogP contribution in [0.3, 0.4) is 0 Å². The largest absolute Gasteiger partial charge is 0.346 e. The van der Waals surface area contributed by atoms with Gasteiger partial charge in [-0.15, -0.1) is 0 Å². The third-order valence-corrected chi connectivity index (χ3v) is 6.87. The average molecular weight is 540 g/mol. The van der Waals surface area contributed by atoms with Crippen molar-refractivity contribution in [3.8, 4) is 11.1 Å². The molecule has 5 aromatic rings. The Balaban J connectivity index is 1.32. The van der Waals surface area contributed by atoms with Crippen molar-refractivity contribution in [2.45, 2.75) is 39.2 Å². The fourth-order valence-electron chi connectivity index (χ4n) is 4.76. The van der Waals surface area contributed by atoms with Crippen molar-refractivity contribution in [2.75, 3.05) is 0 Å². The minimum Gasteiger partial charge on any atom is -0.346 e. The molecular formula is C32H27F2N3O3. The second-order valence-corrected chi connectivity index (χ2v) is 9.72. The van der Waals surface area contributed by atoms with Gasteiger partial charge in [-0.3, -0.25) is 14.4 Å². The van der Waals surface area contributed by atoms with Crippen molar-refractivity contribution in [1.82, 2.24) is 14.5 Å². The summed E-state index contributed by atoms with van der Waals surface area (Å²) in [5, 5.41) is 0.848. The van der Waals surface area contributed by atoms with E-state index in [-0.39, 0.29) is 30.1 Å². The molecule has 0 aliphatic rings. The highest BCUT2D eigenvalue weighted by Gasteiger charge is 2.15. The number of carbonyl (C=O) groups excluding carboxylic acids is 2. The Labute approximate surface area is 229 Å². The number of nitrogens with one attached hydrogen (secondary N) is 1. The highest BCUT2D eigenvalue weighted by atomic mass is 19.2. The van der Waals surface area contributed by atoms with Crippen LogP contribution in [0.5, 0.6) is 0 Å². The van der Waals surface area contributed by atoms with Crippen LogP contribution in [0.25, 0.3) is 22.2 Å². The number of hydrogen-bond acceptors (Lipinski definition) is 4. The van der Waals surface area contributed by atoms with E-state index in [1.54, 1.807) is 12.3 Å². The number of fused-ring (bicyclic) bond motifs is 1. The van der Waals surface area contributed by atoms with Crippen LogP contribution in [0.15, 0.2) is 84.0 Å². The molecule has 0 unspecified atom stereocenters. The summed E-state index contributed by atoms with van der Waals surface area (Å²) in [6.07, 6.45) is 6.75. The number of aryl methyl sites for hydroxylation is 1. The number of nitrogens with zero attached hydrogens (tertiary/aromatic N) is 2. The van der Waals surface area contributed by atoms with Crippen LogP contribution in [0.4, 0.5) is 8.78 Å². The van der Waals surface area contributed by atoms with Gasteiger partial charge in [0.1, 0.15) is 5.65 Å². The summed E-state index contributed by atoms with van der Waals surface area (Å²) in [4.78, 5) is 46.0. The van der Waals surface area contributed by atoms with E-state index < -0.39 is 17.2 Å². The van der Waals surface area contributed by atoms with E-state index in [0.717, 1.165) is 40.6 Å². The van der Waals surface area contributed by atoms with Crippen LogP contribution < -0.4 is 5.56 Å². The summed E-state index contributed by atoms with van der Waals surface area (Å²) in [5.41, 5.74) is 4.00. The Morgan fingerprint density at radius 3 is 2.58 bits per heavy atom. The van der Waals surface area contributed by atoms with Crippen molar-refractivity contribution in [1.29, 1.82) is 0 Å². The summed E-state index contributed by atoms with van der Waals surface area (Å²) >= 11 is 0. The lowest BCUT2D eigenvalue weighted by Gasteiger charge is -2.09. The predicted molar refractivity (Wildman–Crippen MR) is 150 cm³/mol. The summed E-state index contributed by atoms with van der Waals surface area (Å²) < 4.78 is 28.2. The second kappa shape index (κ2) is 11.6. The minimum atomic E-state index is -0.991. The molecule has 8 heteroatoms. The molecule has 2 aromatic carbocycles. The van der Waals surface area contributed by atoms with Gasteiger partial charge < -0.3 is 9.55 Å². The summed E-state index contributed by atoms with van der Waals surface area (Å²) in [5.74, 6) is -2.20. The summed E-state index contributed by atoms with van der Waals surface area (Å²) in [6.45, 7) is 1.98. The van der Waals surface area contributed by atoms with Crippen molar-refractivity contribution in [2.24, 2.45) is 0 Å². The van der Waals surface area contributed by atoms with Crippen molar-refractivity contribution in [3.05, 3.63) is 123 Å². The molecule has 202 valence electrons. The predicted octanol–water partition coefficient (Wildman–Crippen LogP) is 6.52. The fourth-order valence-corrected chi connectivity index (χ4v) is 4.76. The third kappa shape index (κ3) is 5.66. The average Bonchev–Trinajstić information content (AvgIpc) is 3.38. The number of H-pyrrole nitrogens is 1. The number of hydrogen-bond donors (Lipinski definition) is 1. The highest BCUT2D eigenvalue weighted by Crippen LogP contribution is 2.29. The Hall–Kier alpha value is -4.72. The molecule has 0 saturated carbocycles. The van der Waals surface area contributed by atoms with Gasteiger partial charge in [0.25, 0.3) is 5.56 Å². The molecule has 3 aromatic heterocycles. The lowest BCUT2D eigenvalue weighted by molar-refractivity contribution is 0.0973. The molecule has 5 rings (SSSR count). The van der Waals surface area contributed by atoms with Crippen molar-refractivity contribution >= 4 is 22.6 Å². The van der Waals surface area contributed by atoms with E-state index in [4.69, 9.17) is 0 Å². The molecule has 40 heavy (non-hydrogen) atoms. The van der Waals surface area contributed by atoms with Gasteiger partial charge in [0.2, 0.25) is 0 Å². The zero-order valence-corrected chi connectivity index (χ0v) is 21.9. The minimum absolute atomic E-state index is 0.0183. The normalized spacial score (nSPS) is 11.2. The van der Waals surface area contributed by atoms with Crippen LogP contribution >= 0.6 is 0 Å². The van der Waals surface area contributed by atoms with Crippen LogP contribution in [-0.2, 0) is 13.0 Å². The Kier molecular flexibility index (Phi) is 7.77. The lowest BCUT2D eigenvalue weighted by Crippen LogP contribution is -2.26. The van der Waals surface area contributed by atoms with Crippen molar-refractivity contribution in [3.63, 3.8) is 0 Å². The van der Waals surface area contributed by atoms with Gasteiger partial charge in [0.15, 0.2) is 23.2 Å². The molecule has 3 heterocycles. The maximum Gasteiger partial charge on any atom is 0.261 e. The monoisotopic (exact) mass is 539 g/mol. The summed E-state index contributed by atoms with van der Waals surface area (Å²) in [7, 11) is 0. The standard InChI is InChI=1S/C32H27F2N3O3/c1-2-5-29(38)23-16-25-26(18-36-31(25)35-17-23)22-7-3-6-20(14-22)10-12-30(39)24-8-4-13-37(32(24)40)19-21-9-11-27(33)28(34)15-21/h3-4,6-9,11,13-18H,2,5,10,12,19H2,1H3,(H,35,36). The topological polar surface area (TPSA) is 84.8 Å². The number of rotatable bonds is 10.